The third kappa shape index (κ3) is 3.64. The summed E-state index contributed by atoms with van der Waals surface area (Å²) in [6, 6.07) is 2.22. The van der Waals surface area contributed by atoms with Gasteiger partial charge in [-0.3, -0.25) is 4.79 Å². The summed E-state index contributed by atoms with van der Waals surface area (Å²) in [5.41, 5.74) is 6.49. The zero-order valence-corrected chi connectivity index (χ0v) is 13.3. The molecule has 1 amide bonds. The molecule has 6 heteroatoms. The molecule has 0 bridgehead atoms. The van der Waals surface area contributed by atoms with Gasteiger partial charge in [0.2, 0.25) is 0 Å². The highest BCUT2D eigenvalue weighted by Crippen LogP contribution is 2.30. The largest absolute Gasteiger partial charge is 0.397 e. The smallest absolute Gasteiger partial charge is 0.265 e. The summed E-state index contributed by atoms with van der Waals surface area (Å²) in [4.78, 5) is 16.6. The molecule has 2 heterocycles. The van der Waals surface area contributed by atoms with Gasteiger partial charge in [-0.15, -0.1) is 11.3 Å². The van der Waals surface area contributed by atoms with Gasteiger partial charge < -0.3 is 20.9 Å². The van der Waals surface area contributed by atoms with Crippen LogP contribution in [0.4, 0.5) is 10.7 Å². The molecule has 1 saturated heterocycles. The Morgan fingerprint density at radius 1 is 1.50 bits per heavy atom. The van der Waals surface area contributed by atoms with Crippen LogP contribution in [0.1, 0.15) is 29.4 Å². The maximum atomic E-state index is 12.0. The number of carbonyl (C=O) groups is 1. The Morgan fingerprint density at radius 2 is 2.15 bits per heavy atom. The van der Waals surface area contributed by atoms with Crippen LogP contribution in [-0.4, -0.2) is 55.5 Å². The highest BCUT2D eigenvalue weighted by atomic mass is 32.1. The lowest BCUT2D eigenvalue weighted by atomic mass is 10.3. The molecule has 0 aromatic carbocycles. The highest BCUT2D eigenvalue weighted by molar-refractivity contribution is 7.18. The third-order valence-electron chi connectivity index (χ3n) is 3.48. The van der Waals surface area contributed by atoms with E-state index in [0.29, 0.717) is 16.6 Å². The lowest BCUT2D eigenvalue weighted by Crippen LogP contribution is -2.32. The van der Waals surface area contributed by atoms with Crippen LogP contribution in [0.3, 0.4) is 0 Å². The number of likely N-dealkylation sites (tertiary alicyclic amines) is 1. The number of nitrogen functional groups attached to an aromatic ring is 1. The molecule has 2 rings (SSSR count). The Labute approximate surface area is 124 Å². The molecule has 20 heavy (non-hydrogen) atoms. The Hall–Kier alpha value is -1.27. The molecule has 1 aromatic rings. The van der Waals surface area contributed by atoms with E-state index in [1.54, 1.807) is 19.0 Å². The van der Waals surface area contributed by atoms with Crippen molar-refractivity contribution in [3.8, 4) is 0 Å². The normalized spacial score (nSPS) is 17.1. The molecule has 1 aromatic heterocycles. The number of anilines is 2. The van der Waals surface area contributed by atoms with Gasteiger partial charge in [0.05, 0.1) is 10.7 Å². The summed E-state index contributed by atoms with van der Waals surface area (Å²) in [6.07, 6.45) is 2.61. The van der Waals surface area contributed by atoms with E-state index in [1.807, 2.05) is 6.07 Å². The second-order valence-corrected chi connectivity index (χ2v) is 6.70. The fourth-order valence-electron chi connectivity index (χ4n) is 2.49. The predicted molar refractivity (Wildman–Crippen MR) is 85.5 cm³/mol. The Kier molecular flexibility index (Phi) is 4.88. The van der Waals surface area contributed by atoms with Crippen LogP contribution in [0, 0.1) is 0 Å². The van der Waals surface area contributed by atoms with E-state index in [4.69, 9.17) is 5.73 Å². The molecular formula is C14H24N4OS. The maximum absolute atomic E-state index is 12.0. The monoisotopic (exact) mass is 296 g/mol. The Balaban J connectivity index is 1.95. The zero-order valence-electron chi connectivity index (χ0n) is 12.5. The predicted octanol–water partition coefficient (Wildman–Crippen LogP) is 1.93. The molecule has 0 saturated carbocycles. The van der Waals surface area contributed by atoms with E-state index in [9.17, 15) is 4.79 Å². The first-order chi connectivity index (χ1) is 9.47. The standard InChI is InChI=1S/C14H24N4OS/c1-10(9-18-6-4-5-7-18)16-12-8-11(15)13(20-12)14(19)17(2)3/h8,10,16H,4-7,9,15H2,1-3H3. The van der Waals surface area contributed by atoms with E-state index in [-0.39, 0.29) is 5.91 Å². The quantitative estimate of drug-likeness (QED) is 0.871. The zero-order chi connectivity index (χ0) is 14.7. The molecule has 0 aliphatic carbocycles. The molecule has 1 atom stereocenters. The first-order valence-corrected chi connectivity index (χ1v) is 7.89. The molecular weight excluding hydrogens is 272 g/mol. The topological polar surface area (TPSA) is 61.6 Å². The summed E-state index contributed by atoms with van der Waals surface area (Å²) < 4.78 is 0. The minimum Gasteiger partial charge on any atom is -0.397 e. The van der Waals surface area contributed by atoms with Gasteiger partial charge in [-0.2, -0.15) is 0 Å². The average molecular weight is 296 g/mol. The van der Waals surface area contributed by atoms with Crippen LogP contribution in [0.25, 0.3) is 0 Å². The molecule has 0 radical (unpaired) electrons. The van der Waals surface area contributed by atoms with E-state index in [0.717, 1.165) is 11.5 Å². The van der Waals surface area contributed by atoms with Crippen LogP contribution < -0.4 is 11.1 Å². The van der Waals surface area contributed by atoms with Gasteiger partial charge in [-0.25, -0.2) is 0 Å². The van der Waals surface area contributed by atoms with E-state index in [1.165, 1.54) is 37.3 Å². The maximum Gasteiger partial charge on any atom is 0.265 e. The van der Waals surface area contributed by atoms with Crippen LogP contribution in [0.15, 0.2) is 6.07 Å². The van der Waals surface area contributed by atoms with E-state index >= 15 is 0 Å². The van der Waals surface area contributed by atoms with Gasteiger partial charge in [0.25, 0.3) is 5.91 Å². The summed E-state index contributed by atoms with van der Waals surface area (Å²) in [7, 11) is 3.48. The molecule has 1 aliphatic rings. The van der Waals surface area contributed by atoms with Gasteiger partial charge in [0, 0.05) is 26.7 Å². The van der Waals surface area contributed by atoms with Crippen LogP contribution >= 0.6 is 11.3 Å². The minimum atomic E-state index is -0.0345. The number of thiophene rings is 1. The molecule has 1 aliphatic heterocycles. The van der Waals surface area contributed by atoms with Crippen LogP contribution in [0.5, 0.6) is 0 Å². The molecule has 3 N–H and O–H groups in total. The van der Waals surface area contributed by atoms with Crippen molar-refractivity contribution in [2.75, 3.05) is 44.8 Å². The van der Waals surface area contributed by atoms with Crippen molar-refractivity contribution < 1.29 is 4.79 Å². The summed E-state index contributed by atoms with van der Waals surface area (Å²) in [6.45, 7) is 5.60. The van der Waals surface area contributed by atoms with Crippen molar-refractivity contribution in [2.24, 2.45) is 0 Å². The SMILES string of the molecule is CC(CN1CCCC1)Nc1cc(N)c(C(=O)N(C)C)s1. The molecule has 1 fully saturated rings. The number of rotatable bonds is 5. The van der Waals surface area contributed by atoms with Crippen molar-refractivity contribution in [1.29, 1.82) is 0 Å². The second-order valence-electron chi connectivity index (χ2n) is 5.65. The van der Waals surface area contributed by atoms with Crippen LogP contribution in [0.2, 0.25) is 0 Å². The first kappa shape index (κ1) is 15.1. The lowest BCUT2D eigenvalue weighted by molar-refractivity contribution is 0.0833. The Bertz CT molecular complexity index is 466. The van der Waals surface area contributed by atoms with Gasteiger partial charge in [-0.05, 0) is 38.9 Å². The number of hydrogen-bond donors (Lipinski definition) is 2. The van der Waals surface area contributed by atoms with E-state index in [2.05, 4.69) is 17.1 Å². The summed E-state index contributed by atoms with van der Waals surface area (Å²) in [5.74, 6) is -0.0345. The lowest BCUT2D eigenvalue weighted by Gasteiger charge is -2.21. The number of carbonyl (C=O) groups excluding carboxylic acids is 1. The van der Waals surface area contributed by atoms with Gasteiger partial charge >= 0.3 is 0 Å². The van der Waals surface area contributed by atoms with Crippen molar-refractivity contribution in [2.45, 2.75) is 25.8 Å². The molecule has 0 spiro atoms. The molecule has 1 unspecified atom stereocenters. The first-order valence-electron chi connectivity index (χ1n) is 7.07. The van der Waals surface area contributed by atoms with Crippen molar-refractivity contribution in [3.05, 3.63) is 10.9 Å². The average Bonchev–Trinajstić information content (AvgIpc) is 2.98. The van der Waals surface area contributed by atoms with Crippen molar-refractivity contribution in [1.82, 2.24) is 9.80 Å². The summed E-state index contributed by atoms with van der Waals surface area (Å²) >= 11 is 1.44. The molecule has 112 valence electrons. The number of nitrogens with two attached hydrogens (primary N) is 1. The van der Waals surface area contributed by atoms with Crippen molar-refractivity contribution in [3.63, 3.8) is 0 Å². The van der Waals surface area contributed by atoms with Gasteiger partial charge in [0.15, 0.2) is 0 Å². The second kappa shape index (κ2) is 6.45. The van der Waals surface area contributed by atoms with Crippen LogP contribution in [-0.2, 0) is 0 Å². The number of hydrogen-bond acceptors (Lipinski definition) is 5. The molecule has 5 nitrogen and oxygen atoms in total. The minimum absolute atomic E-state index is 0.0345. The number of amides is 1. The Morgan fingerprint density at radius 3 is 2.75 bits per heavy atom. The number of nitrogens with one attached hydrogen (secondary N) is 1. The van der Waals surface area contributed by atoms with Gasteiger partial charge in [0.1, 0.15) is 4.88 Å². The fourth-order valence-corrected chi connectivity index (χ4v) is 3.60. The van der Waals surface area contributed by atoms with E-state index < -0.39 is 0 Å². The van der Waals surface area contributed by atoms with Crippen molar-refractivity contribution >= 4 is 27.9 Å². The fraction of sp³-hybridized carbons (Fsp3) is 0.643. The van der Waals surface area contributed by atoms with Gasteiger partial charge in [-0.1, -0.05) is 0 Å². The summed E-state index contributed by atoms with van der Waals surface area (Å²) in [5, 5.41) is 4.42. The third-order valence-corrected chi connectivity index (χ3v) is 4.55. The highest BCUT2D eigenvalue weighted by Gasteiger charge is 2.18. The number of nitrogens with zero attached hydrogens (tertiary/aromatic N) is 2.